The molecule has 2 nitrogen and oxygen atoms in total. The molecule has 1 aromatic carbocycles. The van der Waals surface area contributed by atoms with Crippen molar-refractivity contribution in [3.63, 3.8) is 0 Å². The maximum atomic E-state index is 11.4. The van der Waals surface area contributed by atoms with Crippen molar-refractivity contribution in [3.8, 4) is 6.07 Å². The van der Waals surface area contributed by atoms with Crippen molar-refractivity contribution in [2.24, 2.45) is 0 Å². The van der Waals surface area contributed by atoms with E-state index in [-0.39, 0.29) is 12.2 Å². The molecule has 0 N–H and O–H groups in total. The van der Waals surface area contributed by atoms with Gasteiger partial charge in [-0.15, -0.1) is 11.3 Å². The summed E-state index contributed by atoms with van der Waals surface area (Å²) in [5.74, 6) is -0.111. The van der Waals surface area contributed by atoms with E-state index in [4.69, 9.17) is 5.26 Å². The van der Waals surface area contributed by atoms with Gasteiger partial charge < -0.3 is 0 Å². The molecule has 68 valence electrons. The zero-order valence-electron chi connectivity index (χ0n) is 7.36. The van der Waals surface area contributed by atoms with E-state index in [1.54, 1.807) is 17.4 Å². The van der Waals surface area contributed by atoms with Gasteiger partial charge in [-0.25, -0.2) is 0 Å². The lowest BCUT2D eigenvalue weighted by molar-refractivity contribution is 0.0998. The number of Topliss-reactive ketones (excluding diaryl/α,β-unsaturated/α-hetero) is 1. The number of nitrogens with zero attached hydrogens (tertiary/aromatic N) is 1. The third-order valence-corrected chi connectivity index (χ3v) is 2.91. The molecule has 0 unspecified atom stereocenters. The molecule has 0 aliphatic rings. The summed E-state index contributed by atoms with van der Waals surface area (Å²) in [5, 5.41) is 11.5. The Balaban J connectivity index is 2.44. The number of hydrogen-bond donors (Lipinski definition) is 0. The number of carbonyl (C=O) groups is 1. The third-order valence-electron chi connectivity index (χ3n) is 2.01. The van der Waals surface area contributed by atoms with Crippen LogP contribution >= 0.6 is 11.3 Å². The first-order chi connectivity index (χ1) is 6.81. The van der Waals surface area contributed by atoms with Crippen molar-refractivity contribution < 1.29 is 4.79 Å². The molecule has 2 rings (SSSR count). The fraction of sp³-hybridized carbons (Fsp3) is 0.0909. The van der Waals surface area contributed by atoms with Crippen LogP contribution < -0.4 is 0 Å². The maximum Gasteiger partial charge on any atom is 0.176 e. The highest BCUT2D eigenvalue weighted by Gasteiger charge is 2.05. The van der Waals surface area contributed by atoms with Gasteiger partial charge in [0.15, 0.2) is 5.78 Å². The Morgan fingerprint density at radius 2 is 2.29 bits per heavy atom. The average Bonchev–Trinajstić information content (AvgIpc) is 2.64. The number of carbonyl (C=O) groups excluding carboxylic acids is 1. The molecule has 0 radical (unpaired) electrons. The molecule has 0 amide bonds. The summed E-state index contributed by atoms with van der Waals surface area (Å²) >= 11 is 1.64. The molecule has 0 atom stereocenters. The first-order valence-electron chi connectivity index (χ1n) is 4.18. The number of fused-ring (bicyclic) bond motifs is 1. The van der Waals surface area contributed by atoms with E-state index in [2.05, 4.69) is 0 Å². The minimum atomic E-state index is -0.111. The van der Waals surface area contributed by atoms with Gasteiger partial charge in [-0.05, 0) is 35.0 Å². The van der Waals surface area contributed by atoms with Gasteiger partial charge in [-0.3, -0.25) is 4.79 Å². The summed E-state index contributed by atoms with van der Waals surface area (Å²) in [6.45, 7) is 0. The van der Waals surface area contributed by atoms with Crippen molar-refractivity contribution in [2.45, 2.75) is 6.42 Å². The van der Waals surface area contributed by atoms with E-state index in [9.17, 15) is 4.79 Å². The van der Waals surface area contributed by atoms with Crippen LogP contribution in [0.3, 0.4) is 0 Å². The number of nitriles is 1. The lowest BCUT2D eigenvalue weighted by atomic mass is 10.1. The van der Waals surface area contributed by atoms with Crippen LogP contribution in [0, 0.1) is 11.3 Å². The largest absolute Gasteiger partial charge is 0.293 e. The maximum absolute atomic E-state index is 11.4. The molecule has 14 heavy (non-hydrogen) atoms. The second-order valence-electron chi connectivity index (χ2n) is 2.93. The Morgan fingerprint density at radius 1 is 1.43 bits per heavy atom. The van der Waals surface area contributed by atoms with Crippen molar-refractivity contribution in [2.75, 3.05) is 0 Å². The molecular formula is C11H7NOS. The number of thiophene rings is 1. The molecule has 3 heteroatoms. The van der Waals surface area contributed by atoms with Crippen LogP contribution in [-0.4, -0.2) is 5.78 Å². The minimum absolute atomic E-state index is 0.0460. The molecule has 0 saturated heterocycles. The fourth-order valence-corrected chi connectivity index (χ4v) is 2.08. The number of hydrogen-bond acceptors (Lipinski definition) is 3. The second-order valence-corrected chi connectivity index (χ2v) is 3.88. The summed E-state index contributed by atoms with van der Waals surface area (Å²) in [4.78, 5) is 11.4. The number of rotatable bonds is 2. The summed E-state index contributed by atoms with van der Waals surface area (Å²) in [5.41, 5.74) is 0.623. The van der Waals surface area contributed by atoms with Crippen molar-refractivity contribution >= 4 is 27.2 Å². The average molecular weight is 201 g/mol. The highest BCUT2D eigenvalue weighted by Crippen LogP contribution is 2.22. The molecule has 0 aliphatic heterocycles. The van der Waals surface area contributed by atoms with E-state index in [0.717, 1.165) is 5.39 Å². The molecule has 0 fully saturated rings. The highest BCUT2D eigenvalue weighted by atomic mass is 32.1. The zero-order valence-corrected chi connectivity index (χ0v) is 8.17. The smallest absolute Gasteiger partial charge is 0.176 e. The third kappa shape index (κ3) is 1.52. The van der Waals surface area contributed by atoms with Crippen molar-refractivity contribution in [1.29, 1.82) is 5.26 Å². The van der Waals surface area contributed by atoms with Crippen LogP contribution in [0.15, 0.2) is 29.6 Å². The fourth-order valence-electron chi connectivity index (χ4n) is 1.31. The Bertz CT molecular complexity index is 521. The molecule has 0 saturated carbocycles. The molecule has 0 spiro atoms. The molecule has 1 aromatic heterocycles. The highest BCUT2D eigenvalue weighted by molar-refractivity contribution is 7.17. The van der Waals surface area contributed by atoms with Crippen LogP contribution in [0.5, 0.6) is 0 Å². The van der Waals surface area contributed by atoms with Gasteiger partial charge in [0.05, 0.1) is 12.5 Å². The summed E-state index contributed by atoms with van der Waals surface area (Å²) in [7, 11) is 0. The predicted octanol–water partition coefficient (Wildman–Crippen LogP) is 3.00. The summed E-state index contributed by atoms with van der Waals surface area (Å²) in [6, 6.07) is 9.37. The van der Waals surface area contributed by atoms with Crippen LogP contribution in [-0.2, 0) is 0 Å². The van der Waals surface area contributed by atoms with Crippen LogP contribution in [0.25, 0.3) is 10.1 Å². The number of benzene rings is 1. The monoisotopic (exact) mass is 201 g/mol. The Kier molecular flexibility index (Phi) is 2.30. The van der Waals surface area contributed by atoms with E-state index < -0.39 is 0 Å². The minimum Gasteiger partial charge on any atom is -0.293 e. The van der Waals surface area contributed by atoms with Crippen LogP contribution in [0.2, 0.25) is 0 Å². The SMILES string of the molecule is N#CCC(=O)c1ccc2sccc2c1. The Hall–Kier alpha value is -1.66. The molecule has 0 bridgehead atoms. The van der Waals surface area contributed by atoms with Gasteiger partial charge in [-0.1, -0.05) is 0 Å². The van der Waals surface area contributed by atoms with E-state index in [0.29, 0.717) is 5.56 Å². The van der Waals surface area contributed by atoms with Crippen molar-refractivity contribution in [1.82, 2.24) is 0 Å². The molecule has 2 aromatic rings. The molecule has 1 heterocycles. The van der Waals surface area contributed by atoms with Gasteiger partial charge >= 0.3 is 0 Å². The van der Waals surface area contributed by atoms with Gasteiger partial charge in [0.25, 0.3) is 0 Å². The van der Waals surface area contributed by atoms with E-state index in [1.807, 2.05) is 29.6 Å². The standard InChI is InChI=1S/C11H7NOS/c12-5-3-10(13)8-1-2-11-9(7-8)4-6-14-11/h1-2,4,6-7H,3H2. The summed E-state index contributed by atoms with van der Waals surface area (Å²) in [6.07, 6.45) is -0.0460. The van der Waals surface area contributed by atoms with Crippen molar-refractivity contribution in [3.05, 3.63) is 35.2 Å². The predicted molar refractivity (Wildman–Crippen MR) is 56.4 cm³/mol. The van der Waals surface area contributed by atoms with Crippen LogP contribution in [0.4, 0.5) is 0 Å². The lowest BCUT2D eigenvalue weighted by Crippen LogP contribution is -1.96. The molecular weight excluding hydrogens is 194 g/mol. The normalized spacial score (nSPS) is 9.93. The lowest BCUT2D eigenvalue weighted by Gasteiger charge is -1.96. The Morgan fingerprint density at radius 3 is 3.07 bits per heavy atom. The quantitative estimate of drug-likeness (QED) is 0.701. The zero-order chi connectivity index (χ0) is 9.97. The molecule has 0 aliphatic carbocycles. The van der Waals surface area contributed by atoms with Gasteiger partial charge in [0.2, 0.25) is 0 Å². The summed E-state index contributed by atoms with van der Waals surface area (Å²) < 4.78 is 1.17. The van der Waals surface area contributed by atoms with E-state index >= 15 is 0 Å². The van der Waals surface area contributed by atoms with Gasteiger partial charge in [0.1, 0.15) is 0 Å². The van der Waals surface area contributed by atoms with Gasteiger partial charge in [0, 0.05) is 10.3 Å². The first kappa shape index (κ1) is 8.92. The Labute approximate surface area is 85.4 Å². The topological polar surface area (TPSA) is 40.9 Å². The van der Waals surface area contributed by atoms with Gasteiger partial charge in [-0.2, -0.15) is 5.26 Å². The second kappa shape index (κ2) is 3.60. The number of ketones is 1. The first-order valence-corrected chi connectivity index (χ1v) is 5.06. The van der Waals surface area contributed by atoms with E-state index in [1.165, 1.54) is 4.70 Å². The van der Waals surface area contributed by atoms with Crippen LogP contribution in [0.1, 0.15) is 16.8 Å².